The van der Waals surface area contributed by atoms with Crippen molar-refractivity contribution in [2.45, 2.75) is 46.5 Å². The molecule has 2 bridgehead atoms. The summed E-state index contributed by atoms with van der Waals surface area (Å²) in [5.41, 5.74) is -1.67. The van der Waals surface area contributed by atoms with Crippen LogP contribution in [0, 0.1) is 0 Å². The zero-order chi connectivity index (χ0) is 23.7. The third kappa shape index (κ3) is 3.00. The first-order chi connectivity index (χ1) is 15.7. The summed E-state index contributed by atoms with van der Waals surface area (Å²) in [7, 11) is 4.93. The Morgan fingerprint density at radius 2 is 1.97 bits per heavy atom. The van der Waals surface area contributed by atoms with Crippen LogP contribution in [0.5, 0.6) is 17.2 Å². The van der Waals surface area contributed by atoms with E-state index < -0.39 is 51.9 Å². The van der Waals surface area contributed by atoms with Crippen LogP contribution in [0.4, 0.5) is 0 Å². The molecule has 0 unspecified atom stereocenters. The van der Waals surface area contributed by atoms with Gasteiger partial charge in [0.05, 0.1) is 19.5 Å². The highest BCUT2D eigenvalue weighted by atomic mass is 33.1. The molecule has 1 aromatic carbocycles. The highest BCUT2D eigenvalue weighted by Crippen LogP contribution is 2.61. The van der Waals surface area contributed by atoms with Crippen LogP contribution < -0.4 is 14.8 Å². The molecule has 11 nitrogen and oxygen atoms in total. The first-order valence-corrected chi connectivity index (χ1v) is 12.3. The molecule has 1 aliphatic carbocycles. The van der Waals surface area contributed by atoms with E-state index >= 15 is 0 Å². The summed E-state index contributed by atoms with van der Waals surface area (Å²) >= 11 is 0. The number of aliphatic hydroxyl groups is 3. The Morgan fingerprint density at radius 3 is 2.67 bits per heavy atom. The van der Waals surface area contributed by atoms with Crippen molar-refractivity contribution < 1.29 is 44.3 Å². The number of aromatic hydroxyl groups is 1. The molecule has 33 heavy (non-hydrogen) atoms. The van der Waals surface area contributed by atoms with Crippen molar-refractivity contribution in [2.75, 3.05) is 14.2 Å². The van der Waals surface area contributed by atoms with Crippen molar-refractivity contribution in [1.29, 1.82) is 0 Å². The van der Waals surface area contributed by atoms with Crippen molar-refractivity contribution in [1.82, 2.24) is 10.4 Å². The highest BCUT2D eigenvalue weighted by molar-refractivity contribution is 8.77. The predicted molar refractivity (Wildman–Crippen MR) is 116 cm³/mol. The lowest BCUT2D eigenvalue weighted by molar-refractivity contribution is -0.326. The summed E-state index contributed by atoms with van der Waals surface area (Å²) in [6.45, 7) is 0. The largest absolute Gasteiger partial charge is 0.504 e. The number of carbonyl (C=O) groups is 2. The summed E-state index contributed by atoms with van der Waals surface area (Å²) in [4.78, 5) is 30.8. The van der Waals surface area contributed by atoms with Crippen LogP contribution in [-0.4, -0.2) is 86.3 Å². The van der Waals surface area contributed by atoms with E-state index in [2.05, 4.69) is 5.32 Å². The third-order valence-corrected chi connectivity index (χ3v) is 9.77. The number of benzene rings is 1. The van der Waals surface area contributed by atoms with Gasteiger partial charge in [0.25, 0.3) is 11.8 Å². The summed E-state index contributed by atoms with van der Waals surface area (Å²) in [6.07, 6.45) is -1.92. The smallest absolute Gasteiger partial charge is 0.272 e. The van der Waals surface area contributed by atoms with Gasteiger partial charge < -0.3 is 35.2 Å². The number of fused-ring (bicyclic) bond motifs is 4. The van der Waals surface area contributed by atoms with Gasteiger partial charge in [0, 0.05) is 12.0 Å². The van der Waals surface area contributed by atoms with Crippen LogP contribution in [-0.2, 0) is 14.4 Å². The van der Waals surface area contributed by atoms with E-state index in [0.717, 1.165) is 26.7 Å². The molecule has 5 aliphatic rings. The number of aliphatic hydroxyl groups excluding tert-OH is 2. The first kappa shape index (κ1) is 22.6. The number of nitrogens with one attached hydrogen (secondary N) is 1. The maximum atomic E-state index is 13.5. The zero-order valence-electron chi connectivity index (χ0n) is 17.5. The minimum atomic E-state index is -2.01. The number of methoxy groups -OCH3 is 2. The number of hydrogen-bond acceptors (Lipinski definition) is 11. The minimum Gasteiger partial charge on any atom is -0.504 e. The minimum absolute atomic E-state index is 0.0861. The number of amides is 2. The molecule has 4 fully saturated rings. The lowest BCUT2D eigenvalue weighted by Crippen LogP contribution is -2.77. The molecule has 13 heteroatoms. The van der Waals surface area contributed by atoms with Crippen LogP contribution >= 0.6 is 21.6 Å². The van der Waals surface area contributed by atoms with E-state index in [0.29, 0.717) is 11.3 Å². The number of hydroxylamine groups is 2. The van der Waals surface area contributed by atoms with Crippen LogP contribution in [0.15, 0.2) is 24.3 Å². The maximum Gasteiger partial charge on any atom is 0.272 e. The van der Waals surface area contributed by atoms with Gasteiger partial charge in [-0.3, -0.25) is 14.4 Å². The average molecular weight is 499 g/mol. The Hall–Kier alpha value is -2.16. The van der Waals surface area contributed by atoms with E-state index in [4.69, 9.17) is 14.3 Å². The molecule has 4 aliphatic heterocycles. The highest BCUT2D eigenvalue weighted by Gasteiger charge is 2.69. The zero-order valence-corrected chi connectivity index (χ0v) is 19.1. The van der Waals surface area contributed by atoms with E-state index in [9.17, 15) is 30.0 Å². The Labute approximate surface area is 196 Å². The van der Waals surface area contributed by atoms with E-state index in [-0.39, 0.29) is 17.9 Å². The van der Waals surface area contributed by atoms with Crippen LogP contribution in [0.3, 0.4) is 0 Å². The molecule has 1 spiro atoms. The molecule has 178 valence electrons. The Morgan fingerprint density at radius 1 is 1.21 bits per heavy atom. The standard InChI is InChI=1S/C20H22N2O9S2/c1-29-10-5-3-8(13(25)14(10)30-2)15-12-17(26)22-20(33-32-15,18(27)21-12)7-19(28)11(24)6-4-9(23)16(19)31-22/h3-6,9,11-12,15-16,23-25,28H,7H2,1-2H3,(H,21,27)/t9-,11-,12-,15-,16+,19+,20-/m1/s1. The van der Waals surface area contributed by atoms with Gasteiger partial charge in [-0.15, -0.1) is 0 Å². The fourth-order valence-corrected chi connectivity index (χ4v) is 8.21. The Bertz CT molecular complexity index is 1050. The Balaban J connectivity index is 1.58. The van der Waals surface area contributed by atoms with Gasteiger partial charge >= 0.3 is 0 Å². The fraction of sp³-hybridized carbons (Fsp3) is 0.500. The van der Waals surface area contributed by atoms with Crippen molar-refractivity contribution >= 4 is 33.4 Å². The molecule has 0 aromatic heterocycles. The van der Waals surface area contributed by atoms with Crippen LogP contribution in [0.1, 0.15) is 17.2 Å². The molecule has 0 saturated carbocycles. The van der Waals surface area contributed by atoms with Crippen molar-refractivity contribution in [2.24, 2.45) is 0 Å². The second-order valence-electron chi connectivity index (χ2n) is 8.22. The molecule has 4 heterocycles. The van der Waals surface area contributed by atoms with E-state index in [1.807, 2.05) is 0 Å². The van der Waals surface area contributed by atoms with Crippen LogP contribution in [0.2, 0.25) is 0 Å². The number of hydrogen-bond donors (Lipinski definition) is 5. The molecule has 4 saturated heterocycles. The molecule has 1 aromatic rings. The van der Waals surface area contributed by atoms with Crippen molar-refractivity contribution in [3.05, 3.63) is 29.8 Å². The van der Waals surface area contributed by atoms with Crippen molar-refractivity contribution in [3.8, 4) is 17.2 Å². The SMILES string of the molecule is COc1ccc([C@H]2SS[C@@]34C[C@]5(O)[C@H](O)C=C[C@@H](O)[C@@H]5ON3C(=O)[C@@H]2NC4=O)c(O)c1OC. The van der Waals surface area contributed by atoms with Gasteiger partial charge in [-0.1, -0.05) is 39.8 Å². The normalized spacial score (nSPS) is 39.4. The van der Waals surface area contributed by atoms with Gasteiger partial charge in [0.15, 0.2) is 11.5 Å². The van der Waals surface area contributed by atoms with E-state index in [1.54, 1.807) is 12.1 Å². The molecule has 7 atom stereocenters. The lowest BCUT2D eigenvalue weighted by Gasteiger charge is -2.56. The summed E-state index contributed by atoms with van der Waals surface area (Å²) in [5, 5.41) is 45.7. The predicted octanol–water partition coefficient (Wildman–Crippen LogP) is -0.405. The number of phenols is 1. The third-order valence-electron chi connectivity index (χ3n) is 6.43. The van der Waals surface area contributed by atoms with Gasteiger partial charge in [0.1, 0.15) is 30.0 Å². The molecular formula is C20H22N2O9S2. The second kappa shape index (κ2) is 7.68. The maximum absolute atomic E-state index is 13.5. The summed E-state index contributed by atoms with van der Waals surface area (Å²) in [6, 6.07) is 2.05. The monoisotopic (exact) mass is 498 g/mol. The number of piperazine rings is 1. The number of carbonyl (C=O) groups excluding carboxylic acids is 2. The van der Waals surface area contributed by atoms with Crippen molar-refractivity contribution in [3.63, 3.8) is 0 Å². The summed E-state index contributed by atoms with van der Waals surface area (Å²) < 4.78 is 10.5. The number of phenolic OH excluding ortho intramolecular Hbond substituents is 1. The van der Waals surface area contributed by atoms with E-state index in [1.165, 1.54) is 26.4 Å². The van der Waals surface area contributed by atoms with Gasteiger partial charge in [0.2, 0.25) is 10.6 Å². The first-order valence-electron chi connectivity index (χ1n) is 10.0. The van der Waals surface area contributed by atoms with Gasteiger partial charge in [-0.05, 0) is 6.07 Å². The number of ether oxygens (including phenoxy) is 2. The van der Waals surface area contributed by atoms with Gasteiger partial charge in [-0.25, -0.2) is 0 Å². The molecular weight excluding hydrogens is 476 g/mol. The second-order valence-corrected chi connectivity index (χ2v) is 10.8. The van der Waals surface area contributed by atoms with Crippen LogP contribution in [0.25, 0.3) is 0 Å². The average Bonchev–Trinajstić information content (AvgIpc) is 2.99. The molecule has 0 radical (unpaired) electrons. The molecule has 6 rings (SSSR count). The fourth-order valence-electron chi connectivity index (χ4n) is 4.69. The number of nitrogens with zero attached hydrogens (tertiary/aromatic N) is 1. The Kier molecular flexibility index (Phi) is 5.27. The summed E-state index contributed by atoms with van der Waals surface area (Å²) in [5.74, 6) is -1.05. The quantitative estimate of drug-likeness (QED) is 0.273. The lowest BCUT2D eigenvalue weighted by atomic mass is 9.76. The number of rotatable bonds is 3. The van der Waals surface area contributed by atoms with Gasteiger partial charge in [-0.2, -0.15) is 5.06 Å². The molecule has 5 N–H and O–H groups in total. The topological polar surface area (TPSA) is 158 Å². The molecule has 2 amide bonds.